The van der Waals surface area contributed by atoms with E-state index in [1.807, 2.05) is 45.2 Å². The van der Waals surface area contributed by atoms with Gasteiger partial charge in [0.2, 0.25) is 0 Å². The zero-order valence-corrected chi connectivity index (χ0v) is 14.9. The van der Waals surface area contributed by atoms with E-state index in [9.17, 15) is 4.79 Å². The van der Waals surface area contributed by atoms with Gasteiger partial charge in [-0.15, -0.1) is 0 Å². The average molecular weight is 336 g/mol. The number of rotatable bonds is 4. The Morgan fingerprint density at radius 2 is 1.84 bits per heavy atom. The molecule has 0 amide bonds. The van der Waals surface area contributed by atoms with Crippen LogP contribution >= 0.6 is 0 Å². The summed E-state index contributed by atoms with van der Waals surface area (Å²) < 4.78 is 5.38. The van der Waals surface area contributed by atoms with Gasteiger partial charge in [-0.3, -0.25) is 4.79 Å². The number of esters is 1. The van der Waals surface area contributed by atoms with Crippen molar-refractivity contribution in [1.82, 2.24) is 4.98 Å². The molecule has 0 aliphatic rings. The molecule has 3 rings (SSSR count). The van der Waals surface area contributed by atoms with Crippen LogP contribution in [0.2, 0.25) is 0 Å². The van der Waals surface area contributed by atoms with Gasteiger partial charge >= 0.3 is 5.97 Å². The first-order chi connectivity index (χ1) is 11.8. The average Bonchev–Trinajstić information content (AvgIpc) is 2.96. The van der Waals surface area contributed by atoms with Gasteiger partial charge in [-0.2, -0.15) is 0 Å². The van der Waals surface area contributed by atoms with Gasteiger partial charge in [0.25, 0.3) is 0 Å². The van der Waals surface area contributed by atoms with Gasteiger partial charge in [-0.25, -0.2) is 0 Å². The molecule has 3 aromatic rings. The summed E-state index contributed by atoms with van der Waals surface area (Å²) in [4.78, 5) is 15.4. The van der Waals surface area contributed by atoms with Crippen LogP contribution in [-0.4, -0.2) is 22.6 Å². The molecule has 0 saturated heterocycles. The van der Waals surface area contributed by atoms with E-state index in [0.717, 1.165) is 27.6 Å². The molecule has 4 nitrogen and oxygen atoms in total. The molecule has 0 aliphatic heterocycles. The minimum Gasteiger partial charge on any atom is -0.459 e. The molecule has 0 radical (unpaired) electrons. The molecule has 0 fully saturated rings. The number of hydrogen-bond donors (Lipinski definition) is 2. The Kier molecular flexibility index (Phi) is 4.64. The minimum absolute atomic E-state index is 0.374. The number of carbonyl (C=O) groups is 1. The highest BCUT2D eigenvalue weighted by molar-refractivity contribution is 5.88. The van der Waals surface area contributed by atoms with E-state index < -0.39 is 11.6 Å². The third kappa shape index (κ3) is 4.09. The summed E-state index contributed by atoms with van der Waals surface area (Å²) in [7, 11) is 0. The van der Waals surface area contributed by atoms with Gasteiger partial charge in [-0.1, -0.05) is 36.4 Å². The summed E-state index contributed by atoms with van der Waals surface area (Å²) >= 11 is 0. The van der Waals surface area contributed by atoms with Crippen molar-refractivity contribution in [2.24, 2.45) is 5.73 Å². The Morgan fingerprint density at radius 3 is 2.52 bits per heavy atom. The Morgan fingerprint density at radius 1 is 1.12 bits per heavy atom. The maximum absolute atomic E-state index is 12.2. The van der Waals surface area contributed by atoms with Crippen LogP contribution in [0.25, 0.3) is 22.0 Å². The van der Waals surface area contributed by atoms with Crippen molar-refractivity contribution in [3.8, 4) is 11.1 Å². The molecule has 1 heterocycles. The summed E-state index contributed by atoms with van der Waals surface area (Å²) in [6.07, 6.45) is 2.36. The number of ether oxygens (including phenoxy) is 1. The number of fused-ring (bicyclic) bond motifs is 1. The van der Waals surface area contributed by atoms with Gasteiger partial charge in [0.15, 0.2) is 0 Å². The Balaban J connectivity index is 1.86. The lowest BCUT2D eigenvalue weighted by atomic mass is 10.0. The van der Waals surface area contributed by atoms with E-state index in [2.05, 4.69) is 35.3 Å². The largest absolute Gasteiger partial charge is 0.459 e. The molecular weight excluding hydrogens is 312 g/mol. The van der Waals surface area contributed by atoms with Crippen LogP contribution in [0.5, 0.6) is 0 Å². The Hall–Kier alpha value is -2.59. The number of aromatic amines is 1. The van der Waals surface area contributed by atoms with Crippen molar-refractivity contribution in [1.29, 1.82) is 0 Å². The van der Waals surface area contributed by atoms with Gasteiger partial charge in [-0.05, 0) is 49.6 Å². The lowest BCUT2D eigenvalue weighted by molar-refractivity contribution is -0.156. The summed E-state index contributed by atoms with van der Waals surface area (Å²) in [5.41, 5.74) is 9.89. The van der Waals surface area contributed by atoms with E-state index in [-0.39, 0.29) is 5.97 Å². The van der Waals surface area contributed by atoms with Crippen LogP contribution in [0.15, 0.2) is 54.7 Å². The molecule has 0 aliphatic carbocycles. The van der Waals surface area contributed by atoms with E-state index in [1.54, 1.807) is 0 Å². The second kappa shape index (κ2) is 6.73. The number of nitrogens with one attached hydrogen (secondary N) is 1. The smallest absolute Gasteiger partial charge is 0.323 e. The molecule has 0 saturated carbocycles. The predicted octanol–water partition coefficient (Wildman–Crippen LogP) is 4.05. The van der Waals surface area contributed by atoms with Crippen LogP contribution in [0.1, 0.15) is 26.3 Å². The monoisotopic (exact) mass is 336 g/mol. The molecule has 0 spiro atoms. The Labute approximate surface area is 148 Å². The lowest BCUT2D eigenvalue weighted by Gasteiger charge is -2.22. The predicted molar refractivity (Wildman–Crippen MR) is 101 cm³/mol. The number of carbonyl (C=O) groups excluding carboxylic acids is 1. The molecule has 4 heteroatoms. The SMILES string of the molecule is CC(C)(C)OC(=O)C(N)Cc1c[nH]c2ccc(-c3ccccc3)cc12. The van der Waals surface area contributed by atoms with E-state index in [1.165, 1.54) is 0 Å². The molecule has 130 valence electrons. The van der Waals surface area contributed by atoms with Crippen LogP contribution < -0.4 is 5.73 Å². The van der Waals surface area contributed by atoms with Gasteiger partial charge in [0.1, 0.15) is 11.6 Å². The Bertz CT molecular complexity index is 876. The first-order valence-corrected chi connectivity index (χ1v) is 8.47. The highest BCUT2D eigenvalue weighted by atomic mass is 16.6. The van der Waals surface area contributed by atoms with Crippen molar-refractivity contribution in [2.45, 2.75) is 38.8 Å². The maximum Gasteiger partial charge on any atom is 0.323 e. The number of hydrogen-bond acceptors (Lipinski definition) is 3. The summed E-state index contributed by atoms with van der Waals surface area (Å²) in [6, 6.07) is 15.8. The van der Waals surface area contributed by atoms with E-state index >= 15 is 0 Å². The van der Waals surface area contributed by atoms with Gasteiger partial charge in [0, 0.05) is 23.5 Å². The minimum atomic E-state index is -0.682. The van der Waals surface area contributed by atoms with Crippen molar-refractivity contribution >= 4 is 16.9 Å². The molecule has 1 unspecified atom stereocenters. The zero-order valence-electron chi connectivity index (χ0n) is 14.9. The summed E-state index contributed by atoms with van der Waals surface area (Å²) in [6.45, 7) is 5.53. The second-order valence-electron chi connectivity index (χ2n) is 7.28. The number of aromatic nitrogens is 1. The molecule has 0 bridgehead atoms. The molecule has 2 aromatic carbocycles. The van der Waals surface area contributed by atoms with Crippen molar-refractivity contribution in [3.05, 3.63) is 60.3 Å². The fourth-order valence-electron chi connectivity index (χ4n) is 2.86. The molecule has 1 atom stereocenters. The quantitative estimate of drug-likeness (QED) is 0.706. The fourth-order valence-corrected chi connectivity index (χ4v) is 2.86. The third-order valence-electron chi connectivity index (χ3n) is 4.02. The molecule has 3 N–H and O–H groups in total. The van der Waals surface area contributed by atoms with Crippen LogP contribution in [0.3, 0.4) is 0 Å². The van der Waals surface area contributed by atoms with Crippen LogP contribution in [0.4, 0.5) is 0 Å². The van der Waals surface area contributed by atoms with Gasteiger partial charge in [0.05, 0.1) is 0 Å². The second-order valence-corrected chi connectivity index (χ2v) is 7.28. The van der Waals surface area contributed by atoms with Crippen LogP contribution in [0, 0.1) is 0 Å². The summed E-state index contributed by atoms with van der Waals surface area (Å²) in [5, 5.41) is 1.08. The lowest BCUT2D eigenvalue weighted by Crippen LogP contribution is -2.38. The van der Waals surface area contributed by atoms with E-state index in [0.29, 0.717) is 6.42 Å². The third-order valence-corrected chi connectivity index (χ3v) is 4.02. The standard InChI is InChI=1S/C21H24N2O2/c1-21(2,3)25-20(24)18(22)12-16-13-23-19-10-9-15(11-17(16)19)14-7-5-4-6-8-14/h4-11,13,18,23H,12,22H2,1-3H3. The first kappa shape index (κ1) is 17.2. The maximum atomic E-state index is 12.2. The fraction of sp³-hybridized carbons (Fsp3) is 0.286. The highest BCUT2D eigenvalue weighted by Gasteiger charge is 2.23. The molecule has 1 aromatic heterocycles. The molecular formula is C21H24N2O2. The topological polar surface area (TPSA) is 68.1 Å². The zero-order chi connectivity index (χ0) is 18.0. The number of H-pyrrole nitrogens is 1. The van der Waals surface area contributed by atoms with E-state index in [4.69, 9.17) is 10.5 Å². The normalized spacial score (nSPS) is 13.0. The van der Waals surface area contributed by atoms with Crippen LogP contribution in [-0.2, 0) is 16.0 Å². The number of nitrogens with two attached hydrogens (primary N) is 1. The van der Waals surface area contributed by atoms with Crippen molar-refractivity contribution in [2.75, 3.05) is 0 Å². The highest BCUT2D eigenvalue weighted by Crippen LogP contribution is 2.27. The van der Waals surface area contributed by atoms with Crippen molar-refractivity contribution in [3.63, 3.8) is 0 Å². The first-order valence-electron chi connectivity index (χ1n) is 8.47. The van der Waals surface area contributed by atoms with Crippen molar-refractivity contribution < 1.29 is 9.53 Å². The molecule has 25 heavy (non-hydrogen) atoms. The number of benzene rings is 2. The van der Waals surface area contributed by atoms with Gasteiger partial charge < -0.3 is 15.5 Å². The summed E-state index contributed by atoms with van der Waals surface area (Å²) in [5.74, 6) is -0.374.